The first-order valence-electron chi connectivity index (χ1n) is 6.86. The summed E-state index contributed by atoms with van der Waals surface area (Å²) in [5, 5.41) is 5.83. The fourth-order valence-corrected chi connectivity index (χ4v) is 1.96. The lowest BCUT2D eigenvalue weighted by molar-refractivity contribution is -0.116. The molecule has 0 aromatic heterocycles. The van der Waals surface area contributed by atoms with Gasteiger partial charge in [-0.3, -0.25) is 4.79 Å². The third-order valence-electron chi connectivity index (χ3n) is 3.38. The van der Waals surface area contributed by atoms with Crippen molar-refractivity contribution in [2.75, 3.05) is 10.6 Å². The number of hydrogen-bond donors (Lipinski definition) is 2. The topological polar surface area (TPSA) is 41.1 Å². The van der Waals surface area contributed by atoms with E-state index in [9.17, 15) is 9.18 Å². The van der Waals surface area contributed by atoms with E-state index >= 15 is 0 Å². The van der Waals surface area contributed by atoms with Gasteiger partial charge in [0.05, 0.1) is 0 Å². The summed E-state index contributed by atoms with van der Waals surface area (Å²) in [6.45, 7) is 5.83. The van der Waals surface area contributed by atoms with E-state index in [1.165, 1.54) is 17.7 Å². The summed E-state index contributed by atoms with van der Waals surface area (Å²) in [5.41, 5.74) is 3.71. The molecule has 0 saturated heterocycles. The SMILES string of the molecule is Cc1ccc(NC(C)C(=O)Nc2cccc(F)c2)cc1C. The van der Waals surface area contributed by atoms with E-state index in [1.54, 1.807) is 19.1 Å². The maximum absolute atomic E-state index is 13.1. The third-order valence-corrected chi connectivity index (χ3v) is 3.38. The molecule has 110 valence electrons. The van der Waals surface area contributed by atoms with Gasteiger partial charge in [-0.2, -0.15) is 0 Å². The zero-order chi connectivity index (χ0) is 15.4. The minimum Gasteiger partial charge on any atom is -0.374 e. The molecule has 0 heterocycles. The lowest BCUT2D eigenvalue weighted by atomic mass is 10.1. The van der Waals surface area contributed by atoms with Crippen LogP contribution in [0.4, 0.5) is 15.8 Å². The molecule has 1 unspecified atom stereocenters. The van der Waals surface area contributed by atoms with E-state index in [2.05, 4.69) is 10.6 Å². The van der Waals surface area contributed by atoms with Gasteiger partial charge in [-0.1, -0.05) is 12.1 Å². The van der Waals surface area contributed by atoms with Crippen molar-refractivity contribution in [2.24, 2.45) is 0 Å². The highest BCUT2D eigenvalue weighted by molar-refractivity contribution is 5.96. The predicted molar refractivity (Wildman–Crippen MR) is 84.0 cm³/mol. The Morgan fingerprint density at radius 2 is 1.81 bits per heavy atom. The molecule has 0 aliphatic heterocycles. The second-order valence-corrected chi connectivity index (χ2v) is 5.16. The summed E-state index contributed by atoms with van der Waals surface area (Å²) in [4.78, 5) is 12.1. The molecular weight excluding hydrogens is 267 g/mol. The average Bonchev–Trinajstić information content (AvgIpc) is 2.43. The highest BCUT2D eigenvalue weighted by Gasteiger charge is 2.13. The van der Waals surface area contributed by atoms with Gasteiger partial charge in [-0.05, 0) is 62.2 Å². The molecule has 2 aromatic carbocycles. The van der Waals surface area contributed by atoms with E-state index in [4.69, 9.17) is 0 Å². The molecule has 0 aliphatic carbocycles. The van der Waals surface area contributed by atoms with Gasteiger partial charge < -0.3 is 10.6 Å². The highest BCUT2D eigenvalue weighted by atomic mass is 19.1. The standard InChI is InChI=1S/C17H19FN2O/c1-11-7-8-16(9-12(11)2)19-13(3)17(21)20-15-6-4-5-14(18)10-15/h4-10,13,19H,1-3H3,(H,20,21). The number of carbonyl (C=O) groups excluding carboxylic acids is 1. The van der Waals surface area contributed by atoms with Gasteiger partial charge in [-0.15, -0.1) is 0 Å². The van der Waals surface area contributed by atoms with Crippen LogP contribution < -0.4 is 10.6 Å². The van der Waals surface area contributed by atoms with Crippen molar-refractivity contribution in [3.8, 4) is 0 Å². The third kappa shape index (κ3) is 4.05. The van der Waals surface area contributed by atoms with Gasteiger partial charge in [0.1, 0.15) is 11.9 Å². The molecule has 0 fully saturated rings. The first-order valence-corrected chi connectivity index (χ1v) is 6.86. The van der Waals surface area contributed by atoms with Crippen LogP contribution in [0.3, 0.4) is 0 Å². The minimum atomic E-state index is -0.421. The minimum absolute atomic E-state index is 0.209. The fraction of sp³-hybridized carbons (Fsp3) is 0.235. The van der Waals surface area contributed by atoms with Crippen molar-refractivity contribution >= 4 is 17.3 Å². The van der Waals surface area contributed by atoms with E-state index in [-0.39, 0.29) is 11.7 Å². The van der Waals surface area contributed by atoms with Crippen molar-refractivity contribution in [1.29, 1.82) is 0 Å². The first-order chi connectivity index (χ1) is 9.95. The molecule has 3 nitrogen and oxygen atoms in total. The van der Waals surface area contributed by atoms with Gasteiger partial charge >= 0.3 is 0 Å². The molecular formula is C17H19FN2O. The van der Waals surface area contributed by atoms with Crippen LogP contribution in [-0.4, -0.2) is 11.9 Å². The number of anilines is 2. The van der Waals surface area contributed by atoms with Crippen molar-refractivity contribution in [1.82, 2.24) is 0 Å². The molecule has 1 amide bonds. The Bertz CT molecular complexity index is 655. The number of halogens is 1. The molecule has 0 aliphatic rings. The van der Waals surface area contributed by atoms with Crippen molar-refractivity contribution in [3.63, 3.8) is 0 Å². The number of hydrogen-bond acceptors (Lipinski definition) is 2. The number of rotatable bonds is 4. The zero-order valence-corrected chi connectivity index (χ0v) is 12.4. The molecule has 1 atom stereocenters. The zero-order valence-electron chi connectivity index (χ0n) is 12.4. The number of nitrogens with one attached hydrogen (secondary N) is 2. The van der Waals surface area contributed by atoms with Crippen LogP contribution in [0.1, 0.15) is 18.1 Å². The maximum atomic E-state index is 13.1. The molecule has 2 rings (SSSR count). The first kappa shape index (κ1) is 15.0. The van der Waals surface area contributed by atoms with E-state index in [1.807, 2.05) is 32.0 Å². The molecule has 2 aromatic rings. The van der Waals surface area contributed by atoms with Gasteiger partial charge in [-0.25, -0.2) is 4.39 Å². The number of benzene rings is 2. The summed E-state index contributed by atoms with van der Waals surface area (Å²) < 4.78 is 13.1. The molecule has 2 N–H and O–H groups in total. The summed E-state index contributed by atoms with van der Waals surface area (Å²) in [7, 11) is 0. The van der Waals surface area contributed by atoms with Crippen LogP contribution >= 0.6 is 0 Å². The molecule has 0 radical (unpaired) electrons. The molecule has 21 heavy (non-hydrogen) atoms. The lowest BCUT2D eigenvalue weighted by Gasteiger charge is -2.16. The number of carbonyl (C=O) groups is 1. The normalized spacial score (nSPS) is 11.8. The second kappa shape index (κ2) is 6.39. The Hall–Kier alpha value is -2.36. The summed E-state index contributed by atoms with van der Waals surface area (Å²) in [5.74, 6) is -0.582. The Morgan fingerprint density at radius 3 is 2.48 bits per heavy atom. The largest absolute Gasteiger partial charge is 0.374 e. The van der Waals surface area contributed by atoms with Crippen LogP contribution in [0.5, 0.6) is 0 Å². The predicted octanol–water partition coefficient (Wildman–Crippen LogP) is 3.88. The van der Waals surface area contributed by atoms with Crippen LogP contribution in [-0.2, 0) is 4.79 Å². The van der Waals surface area contributed by atoms with Crippen LogP contribution in [0.15, 0.2) is 42.5 Å². The number of amides is 1. The van der Waals surface area contributed by atoms with Gasteiger partial charge in [0.25, 0.3) is 0 Å². The Balaban J connectivity index is 2.00. The quantitative estimate of drug-likeness (QED) is 0.895. The lowest BCUT2D eigenvalue weighted by Crippen LogP contribution is -2.31. The van der Waals surface area contributed by atoms with E-state index < -0.39 is 6.04 Å². The second-order valence-electron chi connectivity index (χ2n) is 5.16. The van der Waals surface area contributed by atoms with Crippen molar-refractivity contribution < 1.29 is 9.18 Å². The Kier molecular flexibility index (Phi) is 4.58. The van der Waals surface area contributed by atoms with Gasteiger partial charge in [0, 0.05) is 11.4 Å². The maximum Gasteiger partial charge on any atom is 0.246 e. The molecule has 0 spiro atoms. The molecule has 0 bridgehead atoms. The fourth-order valence-electron chi connectivity index (χ4n) is 1.96. The van der Waals surface area contributed by atoms with Gasteiger partial charge in [0.2, 0.25) is 5.91 Å². The summed E-state index contributed by atoms with van der Waals surface area (Å²) >= 11 is 0. The highest BCUT2D eigenvalue weighted by Crippen LogP contribution is 2.16. The monoisotopic (exact) mass is 286 g/mol. The smallest absolute Gasteiger partial charge is 0.246 e. The van der Waals surface area contributed by atoms with Crippen LogP contribution in [0, 0.1) is 19.7 Å². The van der Waals surface area contributed by atoms with Crippen molar-refractivity contribution in [2.45, 2.75) is 26.8 Å². The Labute approximate surface area is 124 Å². The van der Waals surface area contributed by atoms with Crippen molar-refractivity contribution in [3.05, 3.63) is 59.4 Å². The average molecular weight is 286 g/mol. The van der Waals surface area contributed by atoms with Crippen LogP contribution in [0.25, 0.3) is 0 Å². The molecule has 4 heteroatoms. The summed E-state index contributed by atoms with van der Waals surface area (Å²) in [6.07, 6.45) is 0. The number of aryl methyl sites for hydroxylation is 2. The Morgan fingerprint density at radius 1 is 1.05 bits per heavy atom. The van der Waals surface area contributed by atoms with Crippen LogP contribution in [0.2, 0.25) is 0 Å². The van der Waals surface area contributed by atoms with Gasteiger partial charge in [0.15, 0.2) is 0 Å². The molecule has 0 saturated carbocycles. The van der Waals surface area contributed by atoms with E-state index in [0.29, 0.717) is 5.69 Å². The summed E-state index contributed by atoms with van der Waals surface area (Å²) in [6, 6.07) is 11.4. The van der Waals surface area contributed by atoms with E-state index in [0.717, 1.165) is 11.3 Å².